The molecule has 0 bridgehead atoms. The van der Waals surface area contributed by atoms with Gasteiger partial charge in [0, 0.05) is 19.6 Å². The average Bonchev–Trinajstić information content (AvgIpc) is 3.21. The van der Waals surface area contributed by atoms with Crippen molar-refractivity contribution in [3.05, 3.63) is 47.6 Å². The first kappa shape index (κ1) is 25.6. The highest BCUT2D eigenvalue weighted by atomic mass is 127. The van der Waals surface area contributed by atoms with E-state index in [1.807, 2.05) is 13.8 Å². The molecule has 0 aliphatic rings. The number of nitrogens with one attached hydrogen (secondary N) is 3. The summed E-state index contributed by atoms with van der Waals surface area (Å²) in [6, 6.07) is 9.08. The Morgan fingerprint density at radius 1 is 1.21 bits per heavy atom. The number of nitrogens with zero attached hydrogens (tertiary/aromatic N) is 1. The molecule has 3 N–H and O–H groups in total. The molecule has 2 aromatic rings. The normalized spacial score (nSPS) is 12.7. The standard InChI is InChI=1S/C18H25FN4O3S2.HI/c1-3-20-18(21-10-11-23-28(24,25)17-5-4-12-27-17)22-13-14(2)26-16-8-6-15(19)7-9-16;/h4-9,12,14,23H,3,10-11,13H2,1-2H3,(H2,20,21,22);1H. The van der Waals surface area contributed by atoms with Crippen LogP contribution in [0.2, 0.25) is 0 Å². The number of rotatable bonds is 10. The highest BCUT2D eigenvalue weighted by Gasteiger charge is 2.13. The third-order valence-corrected chi connectivity index (χ3v) is 6.33. The molecule has 1 aromatic heterocycles. The third kappa shape index (κ3) is 9.28. The first-order valence-corrected chi connectivity index (χ1v) is 11.2. The van der Waals surface area contributed by atoms with E-state index in [1.54, 1.807) is 29.6 Å². The summed E-state index contributed by atoms with van der Waals surface area (Å²) in [5.74, 6) is 0.823. The van der Waals surface area contributed by atoms with Crippen LogP contribution in [0, 0.1) is 5.82 Å². The summed E-state index contributed by atoms with van der Waals surface area (Å²) in [6.07, 6.45) is -0.210. The van der Waals surface area contributed by atoms with Gasteiger partial charge in [-0.1, -0.05) is 6.07 Å². The lowest BCUT2D eigenvalue weighted by molar-refractivity contribution is 0.230. The van der Waals surface area contributed by atoms with E-state index < -0.39 is 10.0 Å². The molecule has 1 heterocycles. The first-order chi connectivity index (χ1) is 13.4. The van der Waals surface area contributed by atoms with Gasteiger partial charge < -0.3 is 15.4 Å². The van der Waals surface area contributed by atoms with Crippen molar-refractivity contribution >= 4 is 51.3 Å². The van der Waals surface area contributed by atoms with E-state index in [1.165, 1.54) is 23.5 Å². The Morgan fingerprint density at radius 3 is 2.55 bits per heavy atom. The lowest BCUT2D eigenvalue weighted by Crippen LogP contribution is -2.42. The predicted molar refractivity (Wildman–Crippen MR) is 125 cm³/mol. The largest absolute Gasteiger partial charge is 0.489 e. The number of guanidine groups is 1. The quantitative estimate of drug-likeness (QED) is 0.181. The summed E-state index contributed by atoms with van der Waals surface area (Å²) in [6.45, 7) is 5.46. The number of hydrogen-bond acceptors (Lipinski definition) is 5. The van der Waals surface area contributed by atoms with Gasteiger partial charge in [0.1, 0.15) is 21.9 Å². The highest BCUT2D eigenvalue weighted by molar-refractivity contribution is 14.0. The summed E-state index contributed by atoms with van der Waals surface area (Å²) < 4.78 is 45.6. The molecule has 7 nitrogen and oxygen atoms in total. The van der Waals surface area contributed by atoms with Crippen molar-refractivity contribution in [2.75, 3.05) is 26.2 Å². The van der Waals surface area contributed by atoms with Gasteiger partial charge >= 0.3 is 0 Å². The molecule has 1 atom stereocenters. The maximum absolute atomic E-state index is 12.9. The molecule has 0 saturated carbocycles. The van der Waals surface area contributed by atoms with Crippen LogP contribution in [0.1, 0.15) is 13.8 Å². The number of benzene rings is 1. The van der Waals surface area contributed by atoms with Crippen molar-refractivity contribution < 1.29 is 17.5 Å². The molecule has 0 amide bonds. The Balaban J connectivity index is 0.00000420. The number of thiophene rings is 1. The van der Waals surface area contributed by atoms with E-state index in [0.29, 0.717) is 35.6 Å². The van der Waals surface area contributed by atoms with Crippen molar-refractivity contribution in [3.63, 3.8) is 0 Å². The van der Waals surface area contributed by atoms with Crippen LogP contribution < -0.4 is 20.1 Å². The number of hydrogen-bond donors (Lipinski definition) is 3. The van der Waals surface area contributed by atoms with Crippen LogP contribution in [0.5, 0.6) is 5.75 Å². The molecule has 11 heteroatoms. The summed E-state index contributed by atoms with van der Waals surface area (Å²) in [4.78, 5) is 4.43. The van der Waals surface area contributed by atoms with Crippen LogP contribution in [0.3, 0.4) is 0 Å². The van der Waals surface area contributed by atoms with Gasteiger partial charge in [0.05, 0.1) is 6.54 Å². The van der Waals surface area contributed by atoms with Crippen LogP contribution in [0.4, 0.5) is 4.39 Å². The maximum Gasteiger partial charge on any atom is 0.250 e. The van der Waals surface area contributed by atoms with Crippen LogP contribution >= 0.6 is 35.3 Å². The van der Waals surface area contributed by atoms with Gasteiger partial charge in [-0.25, -0.2) is 22.5 Å². The number of ether oxygens (including phenoxy) is 1. The van der Waals surface area contributed by atoms with Crippen molar-refractivity contribution in [1.82, 2.24) is 15.4 Å². The number of sulfonamides is 1. The molecular formula is C18H26FIN4O3S2. The van der Waals surface area contributed by atoms with Crippen LogP contribution in [-0.2, 0) is 10.0 Å². The molecule has 0 saturated heterocycles. The SMILES string of the molecule is CCNC(=NCC(C)Oc1ccc(F)cc1)NCCNS(=O)(=O)c1cccs1.I. The van der Waals surface area contributed by atoms with Crippen molar-refractivity contribution in [2.45, 2.75) is 24.2 Å². The fourth-order valence-electron chi connectivity index (χ4n) is 2.20. The minimum atomic E-state index is -3.47. The minimum Gasteiger partial charge on any atom is -0.489 e. The van der Waals surface area contributed by atoms with Gasteiger partial charge in [0.2, 0.25) is 10.0 Å². The van der Waals surface area contributed by atoms with Gasteiger partial charge in [-0.15, -0.1) is 35.3 Å². The Labute approximate surface area is 192 Å². The second-order valence-corrected chi connectivity index (χ2v) is 8.80. The highest BCUT2D eigenvalue weighted by Crippen LogP contribution is 2.15. The van der Waals surface area contributed by atoms with Crippen LogP contribution in [0.25, 0.3) is 0 Å². The van der Waals surface area contributed by atoms with Gasteiger partial charge in [-0.05, 0) is 49.6 Å². The summed E-state index contributed by atoms with van der Waals surface area (Å²) in [5, 5.41) is 7.89. The lowest BCUT2D eigenvalue weighted by Gasteiger charge is -2.15. The minimum absolute atomic E-state index is 0. The molecule has 0 spiro atoms. The number of halogens is 2. The van der Waals surface area contributed by atoms with Gasteiger partial charge in [-0.3, -0.25) is 0 Å². The molecular weight excluding hydrogens is 530 g/mol. The molecule has 2 rings (SSSR count). The fraction of sp³-hybridized carbons (Fsp3) is 0.389. The monoisotopic (exact) mass is 556 g/mol. The molecule has 0 fully saturated rings. The number of aliphatic imine (C=N–C) groups is 1. The smallest absolute Gasteiger partial charge is 0.250 e. The second kappa shape index (κ2) is 13.0. The fourth-order valence-corrected chi connectivity index (χ4v) is 4.27. The lowest BCUT2D eigenvalue weighted by atomic mass is 10.3. The van der Waals surface area contributed by atoms with E-state index in [9.17, 15) is 12.8 Å². The second-order valence-electron chi connectivity index (χ2n) is 5.86. The molecule has 1 aromatic carbocycles. The molecule has 29 heavy (non-hydrogen) atoms. The van der Waals surface area contributed by atoms with E-state index in [-0.39, 0.29) is 42.4 Å². The van der Waals surface area contributed by atoms with Gasteiger partial charge in [0.25, 0.3) is 0 Å². The summed E-state index contributed by atoms with van der Waals surface area (Å²) in [7, 11) is -3.47. The summed E-state index contributed by atoms with van der Waals surface area (Å²) in [5.41, 5.74) is 0. The van der Waals surface area contributed by atoms with Crippen molar-refractivity contribution in [2.24, 2.45) is 4.99 Å². The molecule has 0 aliphatic heterocycles. The van der Waals surface area contributed by atoms with E-state index in [2.05, 4.69) is 20.3 Å². The van der Waals surface area contributed by atoms with Crippen LogP contribution in [-0.4, -0.2) is 46.7 Å². The first-order valence-electron chi connectivity index (χ1n) is 8.88. The van der Waals surface area contributed by atoms with Gasteiger partial charge in [-0.2, -0.15) is 0 Å². The molecule has 1 unspecified atom stereocenters. The molecule has 0 radical (unpaired) electrons. The van der Waals surface area contributed by atoms with Crippen LogP contribution in [0.15, 0.2) is 51.0 Å². The topological polar surface area (TPSA) is 91.8 Å². The Hall–Kier alpha value is -1.44. The molecule has 0 aliphatic carbocycles. The zero-order valence-corrected chi connectivity index (χ0v) is 20.2. The zero-order chi connectivity index (χ0) is 20.4. The van der Waals surface area contributed by atoms with Crippen molar-refractivity contribution in [3.8, 4) is 5.75 Å². The Morgan fingerprint density at radius 2 is 1.93 bits per heavy atom. The van der Waals surface area contributed by atoms with E-state index in [4.69, 9.17) is 4.74 Å². The van der Waals surface area contributed by atoms with E-state index >= 15 is 0 Å². The van der Waals surface area contributed by atoms with E-state index in [0.717, 1.165) is 0 Å². The summed E-state index contributed by atoms with van der Waals surface area (Å²) >= 11 is 1.17. The Kier molecular flexibility index (Phi) is 11.5. The van der Waals surface area contributed by atoms with Gasteiger partial charge in [0.15, 0.2) is 5.96 Å². The zero-order valence-electron chi connectivity index (χ0n) is 16.2. The third-order valence-electron chi connectivity index (χ3n) is 3.47. The molecule has 162 valence electrons. The van der Waals surface area contributed by atoms with Crippen molar-refractivity contribution in [1.29, 1.82) is 0 Å². The Bertz CT molecular complexity index is 847. The maximum atomic E-state index is 12.9. The predicted octanol–water partition coefficient (Wildman–Crippen LogP) is 2.81. The average molecular weight is 556 g/mol.